The number of hydrogen-bond acceptors (Lipinski definition) is 3. The zero-order valence-corrected chi connectivity index (χ0v) is 14.9. The van der Waals surface area contributed by atoms with Crippen molar-refractivity contribution in [2.45, 2.75) is 83.3 Å². The van der Waals surface area contributed by atoms with Crippen molar-refractivity contribution in [1.82, 2.24) is 0 Å². The summed E-state index contributed by atoms with van der Waals surface area (Å²) in [6.45, 7) is 2.15. The van der Waals surface area contributed by atoms with Crippen molar-refractivity contribution in [2.24, 2.45) is 11.8 Å². The van der Waals surface area contributed by atoms with Gasteiger partial charge < -0.3 is 15.3 Å². The van der Waals surface area contributed by atoms with E-state index in [1.165, 1.54) is 0 Å². The predicted molar refractivity (Wildman–Crippen MR) is 96.8 cm³/mol. The highest BCUT2D eigenvalue weighted by Gasteiger charge is 2.32. The van der Waals surface area contributed by atoms with Gasteiger partial charge in [0.15, 0.2) is 0 Å². The van der Waals surface area contributed by atoms with Crippen LogP contribution in [0, 0.1) is 11.8 Å². The van der Waals surface area contributed by atoms with Crippen LogP contribution in [0.2, 0.25) is 0 Å². The van der Waals surface area contributed by atoms with Gasteiger partial charge in [0, 0.05) is 6.42 Å². The Bertz CT molecular complexity index is 402. The summed E-state index contributed by atoms with van der Waals surface area (Å²) in [5, 5.41) is 28.8. The smallest absolute Gasteiger partial charge is 0.303 e. The van der Waals surface area contributed by atoms with E-state index in [0.29, 0.717) is 12.3 Å². The molecule has 0 aromatic rings. The van der Waals surface area contributed by atoms with Gasteiger partial charge in [-0.1, -0.05) is 50.5 Å². The number of aliphatic hydroxyl groups is 2. The van der Waals surface area contributed by atoms with Crippen LogP contribution in [-0.2, 0) is 4.79 Å². The van der Waals surface area contributed by atoms with Gasteiger partial charge in [0.1, 0.15) is 0 Å². The molecule has 1 unspecified atom stereocenters. The number of carboxylic acids is 1. The van der Waals surface area contributed by atoms with Crippen LogP contribution in [0.5, 0.6) is 0 Å². The molecule has 0 heterocycles. The summed E-state index contributed by atoms with van der Waals surface area (Å²) in [5.41, 5.74) is 0. The molecule has 1 rings (SSSR count). The van der Waals surface area contributed by atoms with E-state index in [2.05, 4.69) is 19.1 Å². The number of carboxylic acid groups (broad SMARTS) is 1. The Labute approximate surface area is 146 Å². The molecule has 4 heteroatoms. The van der Waals surface area contributed by atoms with Crippen LogP contribution in [0.3, 0.4) is 0 Å². The van der Waals surface area contributed by atoms with Gasteiger partial charge in [0.05, 0.1) is 12.2 Å². The maximum Gasteiger partial charge on any atom is 0.303 e. The molecular formula is C20H34O4. The fourth-order valence-corrected chi connectivity index (χ4v) is 3.36. The van der Waals surface area contributed by atoms with Crippen LogP contribution >= 0.6 is 0 Å². The van der Waals surface area contributed by atoms with Gasteiger partial charge in [0.2, 0.25) is 0 Å². The van der Waals surface area contributed by atoms with Gasteiger partial charge >= 0.3 is 5.97 Å². The largest absolute Gasteiger partial charge is 0.481 e. The normalized spacial score (nSPS) is 25.7. The van der Waals surface area contributed by atoms with Crippen molar-refractivity contribution >= 4 is 5.97 Å². The summed E-state index contributed by atoms with van der Waals surface area (Å²) >= 11 is 0. The average molecular weight is 338 g/mol. The zero-order chi connectivity index (χ0) is 17.8. The van der Waals surface area contributed by atoms with Crippen molar-refractivity contribution in [3.05, 3.63) is 24.3 Å². The summed E-state index contributed by atoms with van der Waals surface area (Å²) in [6, 6.07) is 0. The predicted octanol–water partition coefficient (Wildman–Crippen LogP) is 4.07. The molecule has 1 fully saturated rings. The molecule has 1 saturated carbocycles. The fourth-order valence-electron chi connectivity index (χ4n) is 3.36. The van der Waals surface area contributed by atoms with Crippen molar-refractivity contribution < 1.29 is 20.1 Å². The van der Waals surface area contributed by atoms with E-state index in [1.807, 2.05) is 12.2 Å². The van der Waals surface area contributed by atoms with E-state index < -0.39 is 5.97 Å². The first-order valence-corrected chi connectivity index (χ1v) is 9.45. The summed E-state index contributed by atoms with van der Waals surface area (Å²) in [5.74, 6) is -0.221. The molecular weight excluding hydrogens is 304 g/mol. The molecule has 3 N–H and O–H groups in total. The van der Waals surface area contributed by atoms with Crippen LogP contribution in [0.4, 0.5) is 0 Å². The van der Waals surface area contributed by atoms with Crippen LogP contribution in [0.1, 0.15) is 71.1 Å². The second kappa shape index (κ2) is 12.3. The van der Waals surface area contributed by atoms with Crippen LogP contribution in [0.25, 0.3) is 0 Å². The number of unbranched alkanes of at least 4 members (excludes halogenated alkanes) is 3. The first kappa shape index (κ1) is 20.9. The van der Waals surface area contributed by atoms with E-state index in [0.717, 1.165) is 51.4 Å². The molecule has 4 atom stereocenters. The van der Waals surface area contributed by atoms with Crippen LogP contribution in [-0.4, -0.2) is 33.5 Å². The van der Waals surface area contributed by atoms with Gasteiger partial charge in [-0.05, 0) is 50.4 Å². The van der Waals surface area contributed by atoms with Gasteiger partial charge in [-0.3, -0.25) is 4.79 Å². The number of aliphatic carboxylic acids is 1. The Hall–Kier alpha value is -1.13. The van der Waals surface area contributed by atoms with Crippen molar-refractivity contribution in [1.29, 1.82) is 0 Å². The van der Waals surface area contributed by atoms with Crippen LogP contribution in [0.15, 0.2) is 24.3 Å². The molecule has 24 heavy (non-hydrogen) atoms. The number of carbonyl (C=O) groups is 1. The first-order chi connectivity index (χ1) is 11.5. The van der Waals surface area contributed by atoms with Gasteiger partial charge in [-0.25, -0.2) is 0 Å². The lowest BCUT2D eigenvalue weighted by atomic mass is 9.90. The average Bonchev–Trinajstić information content (AvgIpc) is 2.89. The number of hydrogen-bond donors (Lipinski definition) is 3. The molecule has 0 aromatic heterocycles. The second-order valence-corrected chi connectivity index (χ2v) is 6.91. The third kappa shape index (κ3) is 8.65. The van der Waals surface area contributed by atoms with Gasteiger partial charge in [0.25, 0.3) is 0 Å². The number of aliphatic hydroxyl groups excluding tert-OH is 2. The standard InChI is InChI=1S/C20H34O4/c1-2-3-6-9-17(21)14-12-16-13-15-19(22)18(16)10-7-4-5-8-11-20(23)24/h4,7,12,14,16-19,21-22H,2-3,5-6,8-11,13,15H2,1H3,(H,23,24)/t16-,17?,18+,19-/m0/s1. The highest BCUT2D eigenvalue weighted by Crippen LogP contribution is 2.36. The van der Waals surface area contributed by atoms with Crippen molar-refractivity contribution in [3.63, 3.8) is 0 Å². The highest BCUT2D eigenvalue weighted by molar-refractivity contribution is 5.66. The highest BCUT2D eigenvalue weighted by atomic mass is 16.4. The molecule has 1 aliphatic rings. The van der Waals surface area contributed by atoms with E-state index in [1.54, 1.807) is 0 Å². The third-order valence-electron chi connectivity index (χ3n) is 4.86. The van der Waals surface area contributed by atoms with E-state index in [4.69, 9.17) is 5.11 Å². The molecule has 0 aromatic carbocycles. The summed E-state index contributed by atoms with van der Waals surface area (Å²) in [4.78, 5) is 10.5. The summed E-state index contributed by atoms with van der Waals surface area (Å²) < 4.78 is 0. The Morgan fingerprint density at radius 2 is 2.00 bits per heavy atom. The lowest BCUT2D eigenvalue weighted by Crippen LogP contribution is -2.17. The number of allylic oxidation sites excluding steroid dienone is 3. The molecule has 0 radical (unpaired) electrons. The Morgan fingerprint density at radius 3 is 2.71 bits per heavy atom. The minimum absolute atomic E-state index is 0.206. The monoisotopic (exact) mass is 338 g/mol. The minimum Gasteiger partial charge on any atom is -0.481 e. The third-order valence-corrected chi connectivity index (χ3v) is 4.86. The molecule has 4 nitrogen and oxygen atoms in total. The van der Waals surface area contributed by atoms with E-state index in [-0.39, 0.29) is 24.5 Å². The molecule has 0 saturated heterocycles. The molecule has 0 aliphatic heterocycles. The second-order valence-electron chi connectivity index (χ2n) is 6.91. The maximum absolute atomic E-state index is 10.5. The summed E-state index contributed by atoms with van der Waals surface area (Å²) in [6.07, 6.45) is 15.9. The zero-order valence-electron chi connectivity index (χ0n) is 14.9. The van der Waals surface area contributed by atoms with Gasteiger partial charge in [-0.15, -0.1) is 0 Å². The van der Waals surface area contributed by atoms with Crippen molar-refractivity contribution in [3.8, 4) is 0 Å². The first-order valence-electron chi connectivity index (χ1n) is 9.45. The molecule has 0 amide bonds. The van der Waals surface area contributed by atoms with E-state index in [9.17, 15) is 15.0 Å². The van der Waals surface area contributed by atoms with Crippen LogP contribution < -0.4 is 0 Å². The molecule has 1 aliphatic carbocycles. The molecule has 138 valence electrons. The lowest BCUT2D eigenvalue weighted by molar-refractivity contribution is -0.137. The fraction of sp³-hybridized carbons (Fsp3) is 0.750. The summed E-state index contributed by atoms with van der Waals surface area (Å²) in [7, 11) is 0. The van der Waals surface area contributed by atoms with Gasteiger partial charge in [-0.2, -0.15) is 0 Å². The van der Waals surface area contributed by atoms with Crippen molar-refractivity contribution in [2.75, 3.05) is 0 Å². The topological polar surface area (TPSA) is 77.8 Å². The molecule has 0 spiro atoms. The Balaban J connectivity index is 2.35. The minimum atomic E-state index is -0.752. The molecule has 0 bridgehead atoms. The number of rotatable bonds is 12. The Morgan fingerprint density at radius 1 is 1.21 bits per heavy atom. The maximum atomic E-state index is 10.5. The SMILES string of the molecule is CCCCCC(O)C=C[C@H]1CC[C@H](O)[C@@H]1CC=CCCCC(=O)O. The quantitative estimate of drug-likeness (QED) is 0.370. The van der Waals surface area contributed by atoms with E-state index >= 15 is 0 Å². The Kier molecular flexibility index (Phi) is 10.7. The lowest BCUT2D eigenvalue weighted by Gasteiger charge is -2.18.